The topological polar surface area (TPSA) is 103 Å². The van der Waals surface area contributed by atoms with Crippen LogP contribution in [0.4, 0.5) is 0 Å². The number of nitrogens with two attached hydrogens (primary N) is 1. The predicted molar refractivity (Wildman–Crippen MR) is 94.8 cm³/mol. The summed E-state index contributed by atoms with van der Waals surface area (Å²) in [6, 6.07) is 4.94. The summed E-state index contributed by atoms with van der Waals surface area (Å²) in [5, 5.41) is 5.71. The second-order valence-corrected chi connectivity index (χ2v) is 6.53. The number of carbonyl (C=O) groups excluding carboxylic acids is 2. The third kappa shape index (κ3) is 5.63. The van der Waals surface area contributed by atoms with Crippen LogP contribution in [0.1, 0.15) is 37.0 Å². The summed E-state index contributed by atoms with van der Waals surface area (Å²) in [7, 11) is 1.49. The molecule has 0 radical (unpaired) electrons. The second-order valence-electron chi connectivity index (χ2n) is 6.53. The van der Waals surface area contributed by atoms with Gasteiger partial charge in [0.15, 0.2) is 18.1 Å². The van der Waals surface area contributed by atoms with Crippen molar-refractivity contribution in [1.29, 1.82) is 0 Å². The number of hydrogen-bond donors (Lipinski definition) is 3. The highest BCUT2D eigenvalue weighted by atomic mass is 16.5. The molecule has 0 aliphatic heterocycles. The summed E-state index contributed by atoms with van der Waals surface area (Å²) in [6.45, 7) is 4.07. The van der Waals surface area contributed by atoms with Crippen molar-refractivity contribution in [3.63, 3.8) is 0 Å². The van der Waals surface area contributed by atoms with Crippen molar-refractivity contribution < 1.29 is 19.1 Å². The quantitative estimate of drug-likeness (QED) is 0.619. The van der Waals surface area contributed by atoms with E-state index < -0.39 is 0 Å². The zero-order valence-corrected chi connectivity index (χ0v) is 15.0. The Kier molecular flexibility index (Phi) is 6.64. The Bertz CT molecular complexity index is 614. The van der Waals surface area contributed by atoms with Gasteiger partial charge in [0, 0.05) is 24.2 Å². The van der Waals surface area contributed by atoms with Crippen molar-refractivity contribution in [3.8, 4) is 11.5 Å². The molecule has 1 aromatic rings. The van der Waals surface area contributed by atoms with Gasteiger partial charge in [-0.3, -0.25) is 9.59 Å². The summed E-state index contributed by atoms with van der Waals surface area (Å²) >= 11 is 0. The number of ether oxygens (including phenoxy) is 2. The Morgan fingerprint density at radius 2 is 1.96 bits per heavy atom. The highest BCUT2D eigenvalue weighted by Gasteiger charge is 2.31. The van der Waals surface area contributed by atoms with Crippen LogP contribution in [0.15, 0.2) is 18.2 Å². The van der Waals surface area contributed by atoms with Gasteiger partial charge in [-0.15, -0.1) is 0 Å². The molecule has 0 aromatic heterocycles. The fraction of sp³-hybridized carbons (Fsp3) is 0.556. The molecular formula is C18H27N3O4. The number of nitrogens with one attached hydrogen (secondary N) is 2. The first-order valence-corrected chi connectivity index (χ1v) is 8.55. The van der Waals surface area contributed by atoms with E-state index in [1.165, 1.54) is 7.11 Å². The van der Waals surface area contributed by atoms with E-state index in [1.54, 1.807) is 18.2 Å². The van der Waals surface area contributed by atoms with Gasteiger partial charge in [-0.2, -0.15) is 0 Å². The second kappa shape index (κ2) is 8.71. The molecular weight excluding hydrogens is 322 g/mol. The number of benzene rings is 1. The van der Waals surface area contributed by atoms with Crippen LogP contribution in [0.5, 0.6) is 11.5 Å². The van der Waals surface area contributed by atoms with E-state index in [2.05, 4.69) is 10.6 Å². The van der Waals surface area contributed by atoms with Crippen LogP contribution in [-0.2, 0) is 4.79 Å². The predicted octanol–water partition coefficient (Wildman–Crippen LogP) is 1.07. The minimum absolute atomic E-state index is 0.00847. The van der Waals surface area contributed by atoms with Crippen molar-refractivity contribution in [1.82, 2.24) is 10.6 Å². The molecule has 1 aliphatic carbocycles. The van der Waals surface area contributed by atoms with Gasteiger partial charge in [-0.25, -0.2) is 0 Å². The molecule has 1 aromatic carbocycles. The zero-order chi connectivity index (χ0) is 18.4. The summed E-state index contributed by atoms with van der Waals surface area (Å²) in [5.74, 6) is 0.896. The van der Waals surface area contributed by atoms with Gasteiger partial charge in [0.25, 0.3) is 11.8 Å². The van der Waals surface area contributed by atoms with Gasteiger partial charge in [0.2, 0.25) is 0 Å². The molecule has 7 nitrogen and oxygen atoms in total. The maximum Gasteiger partial charge on any atom is 0.258 e. The van der Waals surface area contributed by atoms with E-state index in [0.29, 0.717) is 29.5 Å². The minimum Gasteiger partial charge on any atom is -0.493 e. The van der Waals surface area contributed by atoms with Crippen LogP contribution >= 0.6 is 0 Å². The maximum absolute atomic E-state index is 12.4. The number of hydrogen-bond acceptors (Lipinski definition) is 5. The van der Waals surface area contributed by atoms with Crippen LogP contribution in [-0.4, -0.2) is 44.2 Å². The summed E-state index contributed by atoms with van der Waals surface area (Å²) in [5.41, 5.74) is 6.19. The smallest absolute Gasteiger partial charge is 0.258 e. The van der Waals surface area contributed by atoms with Gasteiger partial charge in [-0.05, 0) is 50.8 Å². The largest absolute Gasteiger partial charge is 0.493 e. The molecule has 2 amide bonds. The number of methoxy groups -OCH3 is 1. The van der Waals surface area contributed by atoms with Crippen LogP contribution in [0, 0.1) is 5.92 Å². The van der Waals surface area contributed by atoms with Crippen molar-refractivity contribution >= 4 is 11.8 Å². The molecule has 1 saturated carbocycles. The molecule has 1 aliphatic rings. The number of carbonyl (C=O) groups is 2. The summed E-state index contributed by atoms with van der Waals surface area (Å²) in [6.07, 6.45) is 2.22. The molecule has 1 fully saturated rings. The van der Waals surface area contributed by atoms with E-state index in [1.807, 2.05) is 13.8 Å². The normalized spacial score (nSPS) is 14.8. The lowest BCUT2D eigenvalue weighted by molar-refractivity contribution is -0.123. The summed E-state index contributed by atoms with van der Waals surface area (Å²) in [4.78, 5) is 24.1. The standard InChI is InChI=1S/C18H27N3O4/c1-11(2)20-17(22)10-25-15-7-6-13(8-16(15)24-3)18(23)21-14(9-19)12-4-5-12/h6-8,11-12,14H,4-5,9-10,19H2,1-3H3,(H,20,22)(H,21,23). The van der Waals surface area contributed by atoms with Crippen LogP contribution < -0.4 is 25.8 Å². The zero-order valence-electron chi connectivity index (χ0n) is 15.0. The molecule has 0 saturated heterocycles. The average molecular weight is 349 g/mol. The Hall–Kier alpha value is -2.28. The third-order valence-corrected chi connectivity index (χ3v) is 4.00. The van der Waals surface area contributed by atoms with Crippen LogP contribution in [0.2, 0.25) is 0 Å². The Balaban J connectivity index is 2.00. The first-order valence-electron chi connectivity index (χ1n) is 8.55. The van der Waals surface area contributed by atoms with Gasteiger partial charge in [0.1, 0.15) is 0 Å². The van der Waals surface area contributed by atoms with Crippen molar-refractivity contribution in [3.05, 3.63) is 23.8 Å². The van der Waals surface area contributed by atoms with E-state index in [9.17, 15) is 9.59 Å². The monoisotopic (exact) mass is 349 g/mol. The van der Waals surface area contributed by atoms with E-state index >= 15 is 0 Å². The molecule has 2 rings (SSSR count). The molecule has 25 heavy (non-hydrogen) atoms. The molecule has 0 spiro atoms. The minimum atomic E-state index is -0.214. The molecule has 7 heteroatoms. The number of amides is 2. The summed E-state index contributed by atoms with van der Waals surface area (Å²) < 4.78 is 10.8. The van der Waals surface area contributed by atoms with Gasteiger partial charge in [-0.1, -0.05) is 0 Å². The molecule has 0 heterocycles. The lowest BCUT2D eigenvalue weighted by Gasteiger charge is -2.17. The first-order chi connectivity index (χ1) is 11.9. The lowest BCUT2D eigenvalue weighted by Crippen LogP contribution is -2.41. The molecule has 138 valence electrons. The molecule has 1 atom stereocenters. The van der Waals surface area contributed by atoms with Crippen molar-refractivity contribution in [2.75, 3.05) is 20.3 Å². The van der Waals surface area contributed by atoms with Crippen LogP contribution in [0.25, 0.3) is 0 Å². The third-order valence-electron chi connectivity index (χ3n) is 4.00. The van der Waals surface area contributed by atoms with Crippen molar-refractivity contribution in [2.24, 2.45) is 11.7 Å². The van der Waals surface area contributed by atoms with E-state index in [0.717, 1.165) is 12.8 Å². The maximum atomic E-state index is 12.4. The van der Waals surface area contributed by atoms with Gasteiger partial charge in [0.05, 0.1) is 7.11 Å². The van der Waals surface area contributed by atoms with Gasteiger partial charge < -0.3 is 25.8 Å². The highest BCUT2D eigenvalue weighted by molar-refractivity contribution is 5.95. The highest BCUT2D eigenvalue weighted by Crippen LogP contribution is 2.32. The Morgan fingerprint density at radius 1 is 1.24 bits per heavy atom. The Morgan fingerprint density at radius 3 is 2.52 bits per heavy atom. The van der Waals surface area contributed by atoms with Crippen LogP contribution in [0.3, 0.4) is 0 Å². The van der Waals surface area contributed by atoms with Gasteiger partial charge >= 0.3 is 0 Å². The molecule has 0 bridgehead atoms. The fourth-order valence-electron chi connectivity index (χ4n) is 2.55. The average Bonchev–Trinajstić information content (AvgIpc) is 3.41. The molecule has 1 unspecified atom stereocenters. The fourth-order valence-corrected chi connectivity index (χ4v) is 2.55. The Labute approximate surface area is 148 Å². The number of rotatable bonds is 9. The van der Waals surface area contributed by atoms with Crippen molar-refractivity contribution in [2.45, 2.75) is 38.8 Å². The van der Waals surface area contributed by atoms with E-state index in [-0.39, 0.29) is 30.5 Å². The lowest BCUT2D eigenvalue weighted by atomic mass is 10.1. The SMILES string of the molecule is COc1cc(C(=O)NC(CN)C2CC2)ccc1OCC(=O)NC(C)C. The van der Waals surface area contributed by atoms with E-state index in [4.69, 9.17) is 15.2 Å². The first kappa shape index (κ1) is 19.1. The molecule has 4 N–H and O–H groups in total.